The van der Waals surface area contributed by atoms with Crippen molar-refractivity contribution in [3.63, 3.8) is 0 Å². The molecule has 0 fully saturated rings. The zero-order chi connectivity index (χ0) is 19.2. The lowest BCUT2D eigenvalue weighted by Crippen LogP contribution is -2.40. The fourth-order valence-electron chi connectivity index (χ4n) is 3.02. The molecule has 0 radical (unpaired) electrons. The number of carbonyl (C=O) groups is 1. The molecular formula is C20H25N3O4. The zero-order valence-electron chi connectivity index (χ0n) is 15.7. The average molecular weight is 371 g/mol. The van der Waals surface area contributed by atoms with Crippen molar-refractivity contribution in [3.8, 4) is 0 Å². The van der Waals surface area contributed by atoms with Gasteiger partial charge in [-0.15, -0.1) is 0 Å². The fraction of sp³-hybridized carbons (Fsp3) is 0.400. The summed E-state index contributed by atoms with van der Waals surface area (Å²) in [5.74, 6) is 0.161. The molecule has 0 aliphatic carbocycles. The van der Waals surface area contributed by atoms with Gasteiger partial charge >= 0.3 is 5.76 Å². The molecule has 7 nitrogen and oxygen atoms in total. The number of nitrogens with one attached hydrogen (secondary N) is 1. The van der Waals surface area contributed by atoms with Gasteiger partial charge in [-0.25, -0.2) is 4.79 Å². The first-order valence-electron chi connectivity index (χ1n) is 9.20. The Morgan fingerprint density at radius 1 is 1.26 bits per heavy atom. The molecule has 2 heterocycles. The smallest absolute Gasteiger partial charge is 0.420 e. The second-order valence-corrected chi connectivity index (χ2v) is 6.58. The van der Waals surface area contributed by atoms with Crippen LogP contribution in [-0.4, -0.2) is 34.5 Å². The minimum Gasteiger partial charge on any atom is -0.468 e. The third-order valence-electron chi connectivity index (χ3n) is 4.75. The van der Waals surface area contributed by atoms with E-state index in [0.29, 0.717) is 36.8 Å². The number of fused-ring (bicyclic) bond motifs is 1. The number of carbonyl (C=O) groups excluding carboxylic acids is 1. The summed E-state index contributed by atoms with van der Waals surface area (Å²) in [6, 6.07) is 11.3. The van der Waals surface area contributed by atoms with Crippen molar-refractivity contribution in [2.24, 2.45) is 0 Å². The van der Waals surface area contributed by atoms with Crippen LogP contribution in [0.25, 0.3) is 11.1 Å². The van der Waals surface area contributed by atoms with E-state index in [-0.39, 0.29) is 12.5 Å². The highest BCUT2D eigenvalue weighted by Gasteiger charge is 2.15. The molecule has 0 saturated carbocycles. The summed E-state index contributed by atoms with van der Waals surface area (Å²) in [6.45, 7) is 6.12. The first-order valence-corrected chi connectivity index (χ1v) is 9.20. The Balaban J connectivity index is 1.56. The van der Waals surface area contributed by atoms with E-state index < -0.39 is 5.76 Å². The van der Waals surface area contributed by atoms with Crippen molar-refractivity contribution in [2.75, 3.05) is 13.1 Å². The number of furan rings is 1. The highest BCUT2D eigenvalue weighted by Crippen LogP contribution is 2.12. The minimum absolute atomic E-state index is 0.0582. The SMILES string of the molecule is CCC(C)N(CCNC(=O)Cn1c(=O)oc2ccccc21)Cc1ccco1. The van der Waals surface area contributed by atoms with Gasteiger partial charge in [0.1, 0.15) is 12.3 Å². The first-order chi connectivity index (χ1) is 13.1. The number of hydrogen-bond acceptors (Lipinski definition) is 5. The lowest BCUT2D eigenvalue weighted by molar-refractivity contribution is -0.121. The number of para-hydroxylation sites is 2. The summed E-state index contributed by atoms with van der Waals surface area (Å²) < 4.78 is 11.9. The van der Waals surface area contributed by atoms with Crippen molar-refractivity contribution >= 4 is 17.0 Å². The van der Waals surface area contributed by atoms with E-state index in [1.807, 2.05) is 18.2 Å². The Hall–Kier alpha value is -2.80. The van der Waals surface area contributed by atoms with Crippen LogP contribution in [0, 0.1) is 0 Å². The molecule has 0 saturated heterocycles. The van der Waals surface area contributed by atoms with Gasteiger partial charge in [0.15, 0.2) is 5.58 Å². The molecule has 7 heteroatoms. The Morgan fingerprint density at radius 2 is 2.07 bits per heavy atom. The van der Waals surface area contributed by atoms with Gasteiger partial charge in [-0.2, -0.15) is 0 Å². The predicted molar refractivity (Wildman–Crippen MR) is 102 cm³/mol. The van der Waals surface area contributed by atoms with Gasteiger partial charge in [0, 0.05) is 19.1 Å². The molecule has 1 unspecified atom stereocenters. The van der Waals surface area contributed by atoms with Crippen LogP contribution in [0.2, 0.25) is 0 Å². The third kappa shape index (κ3) is 4.68. The maximum atomic E-state index is 12.3. The number of nitrogens with zero attached hydrogens (tertiary/aromatic N) is 2. The van der Waals surface area contributed by atoms with E-state index in [4.69, 9.17) is 8.83 Å². The first kappa shape index (κ1) is 19.0. The van der Waals surface area contributed by atoms with E-state index >= 15 is 0 Å². The molecule has 2 aromatic heterocycles. The topological polar surface area (TPSA) is 80.6 Å². The molecule has 1 atom stereocenters. The number of hydrogen-bond donors (Lipinski definition) is 1. The van der Waals surface area contributed by atoms with Crippen LogP contribution in [0.15, 0.2) is 56.3 Å². The molecule has 27 heavy (non-hydrogen) atoms. The molecule has 1 amide bonds. The van der Waals surface area contributed by atoms with Crippen molar-refractivity contribution < 1.29 is 13.6 Å². The molecule has 1 N–H and O–H groups in total. The van der Waals surface area contributed by atoms with Gasteiger partial charge < -0.3 is 14.2 Å². The highest BCUT2D eigenvalue weighted by molar-refractivity contribution is 5.79. The second kappa shape index (κ2) is 8.73. The number of amides is 1. The van der Waals surface area contributed by atoms with E-state index in [1.165, 1.54) is 4.57 Å². The Bertz CT molecular complexity index is 926. The standard InChI is InChI=1S/C20H25N3O4/c1-3-15(2)22(13-16-7-6-12-26-16)11-10-21-19(24)14-23-17-8-4-5-9-18(17)27-20(23)25/h4-9,12,15H,3,10-11,13-14H2,1-2H3,(H,21,24). The van der Waals surface area contributed by atoms with Gasteiger partial charge in [0.25, 0.3) is 0 Å². The minimum atomic E-state index is -0.523. The quantitative estimate of drug-likeness (QED) is 0.625. The van der Waals surface area contributed by atoms with Crippen molar-refractivity contribution in [1.29, 1.82) is 0 Å². The van der Waals surface area contributed by atoms with Crippen molar-refractivity contribution in [2.45, 2.75) is 39.4 Å². The molecule has 0 bridgehead atoms. The number of oxazole rings is 1. The zero-order valence-corrected chi connectivity index (χ0v) is 15.7. The van der Waals surface area contributed by atoms with Crippen LogP contribution in [-0.2, 0) is 17.9 Å². The molecule has 0 aliphatic rings. The molecule has 0 aliphatic heterocycles. The predicted octanol–water partition coefficient (Wildman–Crippen LogP) is 2.60. The molecular weight excluding hydrogens is 346 g/mol. The summed E-state index contributed by atoms with van der Waals surface area (Å²) in [4.78, 5) is 26.5. The van der Waals surface area contributed by atoms with Crippen LogP contribution >= 0.6 is 0 Å². The summed E-state index contributed by atoms with van der Waals surface area (Å²) in [5, 5.41) is 2.89. The van der Waals surface area contributed by atoms with Gasteiger partial charge in [-0.3, -0.25) is 14.3 Å². The van der Waals surface area contributed by atoms with Crippen LogP contribution < -0.4 is 11.1 Å². The fourth-order valence-corrected chi connectivity index (χ4v) is 3.02. The van der Waals surface area contributed by atoms with Gasteiger partial charge in [0.2, 0.25) is 5.91 Å². The van der Waals surface area contributed by atoms with Crippen LogP contribution in [0.1, 0.15) is 26.0 Å². The average Bonchev–Trinajstić information content (AvgIpc) is 3.28. The molecule has 3 aromatic rings. The van der Waals surface area contributed by atoms with E-state index in [0.717, 1.165) is 12.2 Å². The van der Waals surface area contributed by atoms with E-state index in [1.54, 1.807) is 24.5 Å². The monoisotopic (exact) mass is 371 g/mol. The molecule has 144 valence electrons. The Kier molecular flexibility index (Phi) is 6.13. The number of aromatic nitrogens is 1. The van der Waals surface area contributed by atoms with Crippen LogP contribution in [0.5, 0.6) is 0 Å². The molecule has 0 spiro atoms. The lowest BCUT2D eigenvalue weighted by atomic mass is 10.2. The molecule has 1 aromatic carbocycles. The second-order valence-electron chi connectivity index (χ2n) is 6.58. The van der Waals surface area contributed by atoms with E-state index in [9.17, 15) is 9.59 Å². The van der Waals surface area contributed by atoms with Crippen LogP contribution in [0.3, 0.4) is 0 Å². The highest BCUT2D eigenvalue weighted by atomic mass is 16.4. The van der Waals surface area contributed by atoms with Gasteiger partial charge in [-0.05, 0) is 37.6 Å². The largest absolute Gasteiger partial charge is 0.468 e. The van der Waals surface area contributed by atoms with Crippen LogP contribution in [0.4, 0.5) is 0 Å². The normalized spacial score (nSPS) is 12.6. The maximum absolute atomic E-state index is 12.3. The maximum Gasteiger partial charge on any atom is 0.420 e. The third-order valence-corrected chi connectivity index (χ3v) is 4.75. The van der Waals surface area contributed by atoms with Gasteiger partial charge in [0.05, 0.1) is 18.3 Å². The number of benzene rings is 1. The lowest BCUT2D eigenvalue weighted by Gasteiger charge is -2.27. The number of rotatable bonds is 9. The Morgan fingerprint density at radius 3 is 2.81 bits per heavy atom. The summed E-state index contributed by atoms with van der Waals surface area (Å²) in [5.41, 5.74) is 1.10. The van der Waals surface area contributed by atoms with Crippen molar-refractivity contribution in [3.05, 3.63) is 59.0 Å². The summed E-state index contributed by atoms with van der Waals surface area (Å²) in [6.07, 6.45) is 2.67. The van der Waals surface area contributed by atoms with Crippen molar-refractivity contribution in [1.82, 2.24) is 14.8 Å². The van der Waals surface area contributed by atoms with E-state index in [2.05, 4.69) is 24.1 Å². The Labute approximate surface area is 157 Å². The summed E-state index contributed by atoms with van der Waals surface area (Å²) in [7, 11) is 0. The summed E-state index contributed by atoms with van der Waals surface area (Å²) >= 11 is 0. The van der Waals surface area contributed by atoms with Gasteiger partial charge in [-0.1, -0.05) is 19.1 Å². The molecule has 3 rings (SSSR count).